The lowest BCUT2D eigenvalue weighted by molar-refractivity contribution is -0.0366. The molecule has 0 N–H and O–H groups in total. The molecule has 3 heteroatoms. The maximum Gasteiger partial charge on any atom is 0.0472 e. The zero-order valence-electron chi connectivity index (χ0n) is 31.3. The predicted molar refractivity (Wildman–Crippen MR) is 205 cm³/mol. The second kappa shape index (κ2) is 33.7. The van der Waals surface area contributed by atoms with Crippen LogP contribution in [0.1, 0.15) is 174 Å². The standard InChI is InChI=1S/C43H79NO2/c1-4-6-8-10-12-14-16-18-20-22-24-26-28-30-32-34-38-46-40-36-43(41-44(3)42-43)35-39-45-37-33-31-29-27-25-23-21-19-17-15-13-11-9-7-5-2/h12-15,18-21H,4-11,16-17,22-42H2,1-3H3/b14-12-,15-13-,20-18-,21-19+. The van der Waals surface area contributed by atoms with E-state index in [1.54, 1.807) is 0 Å². The van der Waals surface area contributed by atoms with Gasteiger partial charge < -0.3 is 14.4 Å². The molecule has 3 nitrogen and oxygen atoms in total. The number of rotatable bonds is 35. The largest absolute Gasteiger partial charge is 0.381 e. The first-order chi connectivity index (χ1) is 22.7. The zero-order chi connectivity index (χ0) is 33.1. The fourth-order valence-corrected chi connectivity index (χ4v) is 6.53. The van der Waals surface area contributed by atoms with Gasteiger partial charge >= 0.3 is 0 Å². The molecule has 0 aromatic heterocycles. The van der Waals surface area contributed by atoms with E-state index in [-0.39, 0.29) is 0 Å². The van der Waals surface area contributed by atoms with Gasteiger partial charge in [0.25, 0.3) is 0 Å². The van der Waals surface area contributed by atoms with Gasteiger partial charge in [0.15, 0.2) is 0 Å². The number of allylic oxidation sites excluding steroid dienone is 8. The van der Waals surface area contributed by atoms with Crippen LogP contribution in [0.4, 0.5) is 0 Å². The molecule has 1 heterocycles. The SMILES string of the molecule is CCCCC/C=C\C/C=C\CCCCCCCCOCCC1(CCOCCCCCCC/C=C/C/C=C\CCCCC)CN(C)C1. The first kappa shape index (κ1) is 42.9. The molecule has 0 amide bonds. The van der Waals surface area contributed by atoms with Crippen molar-refractivity contribution in [1.29, 1.82) is 0 Å². The van der Waals surface area contributed by atoms with Crippen LogP contribution in [0.2, 0.25) is 0 Å². The highest BCUT2D eigenvalue weighted by Gasteiger charge is 2.40. The summed E-state index contributed by atoms with van der Waals surface area (Å²) < 4.78 is 12.2. The average molecular weight is 642 g/mol. The second-order valence-electron chi connectivity index (χ2n) is 14.2. The summed E-state index contributed by atoms with van der Waals surface area (Å²) in [6, 6.07) is 0. The van der Waals surface area contributed by atoms with Crippen molar-refractivity contribution < 1.29 is 9.47 Å². The van der Waals surface area contributed by atoms with Crippen molar-refractivity contribution in [1.82, 2.24) is 4.90 Å². The van der Waals surface area contributed by atoms with E-state index in [2.05, 4.69) is 74.4 Å². The molecule has 0 saturated carbocycles. The highest BCUT2D eigenvalue weighted by molar-refractivity contribution is 4.94. The van der Waals surface area contributed by atoms with E-state index >= 15 is 0 Å². The van der Waals surface area contributed by atoms with Crippen LogP contribution in [0.5, 0.6) is 0 Å². The van der Waals surface area contributed by atoms with Gasteiger partial charge in [-0.15, -0.1) is 0 Å². The van der Waals surface area contributed by atoms with E-state index < -0.39 is 0 Å². The van der Waals surface area contributed by atoms with Crippen LogP contribution in [-0.4, -0.2) is 51.5 Å². The van der Waals surface area contributed by atoms with Crippen LogP contribution in [-0.2, 0) is 9.47 Å². The van der Waals surface area contributed by atoms with Gasteiger partial charge in [-0.25, -0.2) is 0 Å². The van der Waals surface area contributed by atoms with Gasteiger partial charge in [-0.2, -0.15) is 0 Å². The number of hydrogen-bond donors (Lipinski definition) is 0. The maximum absolute atomic E-state index is 6.08. The van der Waals surface area contributed by atoms with Crippen molar-refractivity contribution in [2.75, 3.05) is 46.6 Å². The van der Waals surface area contributed by atoms with Crippen molar-refractivity contribution in [3.05, 3.63) is 48.6 Å². The second-order valence-corrected chi connectivity index (χ2v) is 14.2. The maximum atomic E-state index is 6.08. The van der Waals surface area contributed by atoms with Crippen LogP contribution in [0.25, 0.3) is 0 Å². The predicted octanol–water partition coefficient (Wildman–Crippen LogP) is 13.0. The Morgan fingerprint density at radius 2 is 0.783 bits per heavy atom. The molecular formula is C43H79NO2. The van der Waals surface area contributed by atoms with Crippen LogP contribution < -0.4 is 0 Å². The lowest BCUT2D eigenvalue weighted by Crippen LogP contribution is -2.55. The summed E-state index contributed by atoms with van der Waals surface area (Å²) in [4.78, 5) is 2.45. The third-order valence-electron chi connectivity index (χ3n) is 9.49. The highest BCUT2D eigenvalue weighted by atomic mass is 16.5. The Morgan fingerprint density at radius 1 is 0.435 bits per heavy atom. The van der Waals surface area contributed by atoms with Crippen LogP contribution in [0.3, 0.4) is 0 Å². The Kier molecular flexibility index (Phi) is 31.4. The van der Waals surface area contributed by atoms with Crippen molar-refractivity contribution in [3.63, 3.8) is 0 Å². The first-order valence-corrected chi connectivity index (χ1v) is 20.2. The molecule has 0 aromatic carbocycles. The topological polar surface area (TPSA) is 21.7 Å². The van der Waals surface area contributed by atoms with Crippen molar-refractivity contribution in [2.45, 2.75) is 174 Å². The summed E-state index contributed by atoms with van der Waals surface area (Å²) in [5.41, 5.74) is 0.423. The number of ether oxygens (including phenoxy) is 2. The van der Waals surface area contributed by atoms with Gasteiger partial charge in [0.05, 0.1) is 0 Å². The summed E-state index contributed by atoms with van der Waals surface area (Å²) in [5, 5.41) is 0. The molecule has 1 saturated heterocycles. The molecule has 46 heavy (non-hydrogen) atoms. The van der Waals surface area contributed by atoms with E-state index in [9.17, 15) is 0 Å². The van der Waals surface area contributed by atoms with E-state index in [0.717, 1.165) is 39.3 Å². The number of nitrogens with zero attached hydrogens (tertiary/aromatic N) is 1. The molecule has 0 unspecified atom stereocenters. The van der Waals surface area contributed by atoms with Gasteiger partial charge in [0, 0.05) is 44.9 Å². The van der Waals surface area contributed by atoms with Crippen molar-refractivity contribution >= 4 is 0 Å². The Labute approximate surface area is 288 Å². The van der Waals surface area contributed by atoms with Crippen LogP contribution in [0.15, 0.2) is 48.6 Å². The molecule has 1 fully saturated rings. The lowest BCUT2D eigenvalue weighted by Gasteiger charge is -2.49. The Balaban J connectivity index is 1.88. The normalized spacial score (nSPS) is 15.4. The molecular weight excluding hydrogens is 562 g/mol. The zero-order valence-corrected chi connectivity index (χ0v) is 31.3. The van der Waals surface area contributed by atoms with Gasteiger partial charge in [-0.1, -0.05) is 133 Å². The molecule has 0 radical (unpaired) electrons. The molecule has 0 aliphatic carbocycles. The minimum absolute atomic E-state index is 0.423. The van der Waals surface area contributed by atoms with E-state index in [1.807, 2.05) is 0 Å². The number of hydrogen-bond acceptors (Lipinski definition) is 3. The summed E-state index contributed by atoms with van der Waals surface area (Å²) in [7, 11) is 2.24. The Morgan fingerprint density at radius 3 is 1.15 bits per heavy atom. The first-order valence-electron chi connectivity index (χ1n) is 20.2. The monoisotopic (exact) mass is 642 g/mol. The Hall–Kier alpha value is -1.16. The quantitative estimate of drug-likeness (QED) is 0.0508. The lowest BCUT2D eigenvalue weighted by atomic mass is 9.75. The van der Waals surface area contributed by atoms with Crippen molar-refractivity contribution in [2.24, 2.45) is 5.41 Å². The molecule has 1 aliphatic rings. The summed E-state index contributed by atoms with van der Waals surface area (Å²) >= 11 is 0. The van der Waals surface area contributed by atoms with Gasteiger partial charge in [-0.05, 0) is 96.9 Å². The molecule has 1 rings (SSSR count). The number of unbranched alkanes of at least 4 members (excludes halogenated alkanes) is 17. The minimum atomic E-state index is 0.423. The summed E-state index contributed by atoms with van der Waals surface area (Å²) in [6.07, 6.45) is 50.8. The summed E-state index contributed by atoms with van der Waals surface area (Å²) in [5.74, 6) is 0. The third-order valence-corrected chi connectivity index (χ3v) is 9.49. The fraction of sp³-hybridized carbons (Fsp3) is 0.814. The molecule has 0 bridgehead atoms. The third kappa shape index (κ3) is 27.9. The molecule has 0 atom stereocenters. The van der Waals surface area contributed by atoms with Crippen LogP contribution in [0, 0.1) is 5.41 Å². The van der Waals surface area contributed by atoms with E-state index in [0.29, 0.717) is 5.41 Å². The molecule has 268 valence electrons. The van der Waals surface area contributed by atoms with E-state index in [4.69, 9.17) is 9.47 Å². The average Bonchev–Trinajstić information content (AvgIpc) is 3.04. The summed E-state index contributed by atoms with van der Waals surface area (Å²) in [6.45, 7) is 10.6. The van der Waals surface area contributed by atoms with Gasteiger partial charge in [0.2, 0.25) is 0 Å². The number of likely N-dealkylation sites (tertiary alicyclic amines) is 1. The molecule has 0 spiro atoms. The molecule has 0 aromatic rings. The van der Waals surface area contributed by atoms with Crippen molar-refractivity contribution in [3.8, 4) is 0 Å². The smallest absolute Gasteiger partial charge is 0.0472 e. The fourth-order valence-electron chi connectivity index (χ4n) is 6.53. The molecule has 1 aliphatic heterocycles. The van der Waals surface area contributed by atoms with Crippen LogP contribution >= 0.6 is 0 Å². The van der Waals surface area contributed by atoms with Gasteiger partial charge in [0.1, 0.15) is 0 Å². The Bertz CT molecular complexity index is 733. The minimum Gasteiger partial charge on any atom is -0.381 e. The van der Waals surface area contributed by atoms with E-state index in [1.165, 1.54) is 161 Å². The van der Waals surface area contributed by atoms with Gasteiger partial charge in [-0.3, -0.25) is 0 Å². The highest BCUT2D eigenvalue weighted by Crippen LogP contribution is 2.36.